The van der Waals surface area contributed by atoms with Crippen LogP contribution in [-0.4, -0.2) is 43.4 Å². The molecule has 162 valence electrons. The lowest BCUT2D eigenvalue weighted by Crippen LogP contribution is -2.46. The van der Waals surface area contributed by atoms with E-state index in [2.05, 4.69) is 17.1 Å². The van der Waals surface area contributed by atoms with Crippen molar-refractivity contribution in [2.24, 2.45) is 0 Å². The predicted octanol–water partition coefficient (Wildman–Crippen LogP) is 3.58. The number of halogens is 1. The maximum absolute atomic E-state index is 13.7. The number of amides is 1. The number of rotatable bonds is 4. The van der Waals surface area contributed by atoms with Gasteiger partial charge in [-0.15, -0.1) is 0 Å². The quantitative estimate of drug-likeness (QED) is 0.537. The van der Waals surface area contributed by atoms with E-state index in [1.165, 1.54) is 12.3 Å². The highest BCUT2D eigenvalue weighted by Crippen LogP contribution is 2.41. The number of aromatic nitrogens is 3. The van der Waals surface area contributed by atoms with Gasteiger partial charge in [-0.2, -0.15) is 0 Å². The third kappa shape index (κ3) is 3.54. The Kier molecular flexibility index (Phi) is 5.19. The van der Waals surface area contributed by atoms with Crippen molar-refractivity contribution in [3.05, 3.63) is 102 Å². The summed E-state index contributed by atoms with van der Waals surface area (Å²) in [4.78, 5) is 23.9. The number of pyridine rings is 2. The number of nitrogens with zero attached hydrogens (tertiary/aromatic N) is 4. The number of fused-ring (bicyclic) bond motifs is 1. The molecule has 1 aliphatic rings. The first-order valence-corrected chi connectivity index (χ1v) is 10.6. The maximum Gasteiger partial charge on any atom is 0.272 e. The third-order valence-electron chi connectivity index (χ3n) is 6.36. The Morgan fingerprint density at radius 1 is 1.06 bits per heavy atom. The normalized spacial score (nSPS) is 15.8. The fraction of sp³-hybridized carbons (Fsp3) is 0.240. The van der Waals surface area contributed by atoms with E-state index in [-0.39, 0.29) is 23.7 Å². The van der Waals surface area contributed by atoms with Gasteiger partial charge in [-0.25, -0.2) is 9.37 Å². The third-order valence-corrected chi connectivity index (χ3v) is 6.36. The van der Waals surface area contributed by atoms with E-state index in [9.17, 15) is 14.3 Å². The van der Waals surface area contributed by atoms with Gasteiger partial charge in [-0.3, -0.25) is 9.78 Å². The summed E-state index contributed by atoms with van der Waals surface area (Å²) in [6.07, 6.45) is 6.26. The molecule has 1 saturated heterocycles. The minimum absolute atomic E-state index is 0.131. The van der Waals surface area contributed by atoms with E-state index in [0.717, 1.165) is 11.3 Å². The van der Waals surface area contributed by atoms with E-state index >= 15 is 0 Å². The molecule has 0 bridgehead atoms. The first kappa shape index (κ1) is 20.3. The number of imidazole rings is 1. The summed E-state index contributed by atoms with van der Waals surface area (Å²) in [7, 11) is 0. The van der Waals surface area contributed by atoms with Crippen molar-refractivity contribution in [2.45, 2.75) is 24.9 Å². The molecular weight excluding hydrogens is 407 g/mol. The van der Waals surface area contributed by atoms with E-state index < -0.39 is 0 Å². The zero-order chi connectivity index (χ0) is 22.1. The van der Waals surface area contributed by atoms with Gasteiger partial charge in [-0.05, 0) is 48.2 Å². The van der Waals surface area contributed by atoms with E-state index in [0.29, 0.717) is 42.8 Å². The fourth-order valence-corrected chi connectivity index (χ4v) is 4.59. The first-order valence-electron chi connectivity index (χ1n) is 10.6. The molecule has 4 aromatic rings. The van der Waals surface area contributed by atoms with Gasteiger partial charge in [0.05, 0.1) is 12.3 Å². The number of piperidine rings is 1. The second-order valence-corrected chi connectivity index (χ2v) is 8.19. The van der Waals surface area contributed by atoms with Crippen molar-refractivity contribution in [1.82, 2.24) is 19.3 Å². The molecule has 32 heavy (non-hydrogen) atoms. The number of carbonyl (C=O) groups is 1. The summed E-state index contributed by atoms with van der Waals surface area (Å²) in [5, 5.41) is 9.37. The van der Waals surface area contributed by atoms with Crippen LogP contribution in [0.2, 0.25) is 0 Å². The van der Waals surface area contributed by atoms with Crippen LogP contribution in [0.3, 0.4) is 0 Å². The number of hydrogen-bond donors (Lipinski definition) is 1. The Bertz CT molecular complexity index is 1260. The van der Waals surface area contributed by atoms with Gasteiger partial charge in [0.25, 0.3) is 5.91 Å². The summed E-state index contributed by atoms with van der Waals surface area (Å²) in [6.45, 7) is 0.955. The molecule has 1 N–H and O–H groups in total. The van der Waals surface area contributed by atoms with Crippen LogP contribution in [0.4, 0.5) is 4.39 Å². The van der Waals surface area contributed by atoms with Gasteiger partial charge < -0.3 is 14.4 Å². The number of aliphatic hydroxyl groups is 1. The second kappa shape index (κ2) is 8.16. The van der Waals surface area contributed by atoms with Crippen molar-refractivity contribution in [3.63, 3.8) is 0 Å². The number of carbonyl (C=O) groups excluding carboxylic acids is 1. The molecule has 1 aliphatic heterocycles. The smallest absolute Gasteiger partial charge is 0.272 e. The summed E-state index contributed by atoms with van der Waals surface area (Å²) >= 11 is 0. The van der Waals surface area contributed by atoms with E-state index in [1.54, 1.807) is 33.7 Å². The standard InChI is InChI=1S/C25H23FN4O2/c26-20-6-7-23-28-22(16-30(23)15-20)25(19-4-2-1-3-5-19)9-12-29(13-10-25)24(32)21-14-18(17-31)8-11-27-21/h1-8,11,14-16,31H,9-10,12-13,17H2. The topological polar surface area (TPSA) is 70.7 Å². The lowest BCUT2D eigenvalue weighted by Gasteiger charge is -2.41. The van der Waals surface area contributed by atoms with Crippen LogP contribution in [0.5, 0.6) is 0 Å². The van der Waals surface area contributed by atoms with Gasteiger partial charge in [0.2, 0.25) is 0 Å². The Morgan fingerprint density at radius 2 is 1.84 bits per heavy atom. The van der Waals surface area contributed by atoms with Crippen LogP contribution in [0.1, 0.15) is 40.2 Å². The number of hydrogen-bond acceptors (Lipinski definition) is 4. The van der Waals surface area contributed by atoms with Gasteiger partial charge in [0.15, 0.2) is 0 Å². The zero-order valence-electron chi connectivity index (χ0n) is 17.5. The van der Waals surface area contributed by atoms with Crippen molar-refractivity contribution in [3.8, 4) is 0 Å². The number of likely N-dealkylation sites (tertiary alicyclic amines) is 1. The summed E-state index contributed by atoms with van der Waals surface area (Å²) in [5.41, 5.74) is 3.34. The molecule has 0 aliphatic carbocycles. The van der Waals surface area contributed by atoms with Crippen LogP contribution in [0, 0.1) is 5.82 Å². The summed E-state index contributed by atoms with van der Waals surface area (Å²) in [6, 6.07) is 16.6. The van der Waals surface area contributed by atoms with E-state index in [4.69, 9.17) is 4.98 Å². The lowest BCUT2D eigenvalue weighted by molar-refractivity contribution is 0.0678. The highest BCUT2D eigenvalue weighted by atomic mass is 19.1. The minimum Gasteiger partial charge on any atom is -0.392 e. The van der Waals surface area contributed by atoms with Crippen molar-refractivity contribution in [2.75, 3.05) is 13.1 Å². The molecule has 0 unspecified atom stereocenters. The minimum atomic E-state index is -0.374. The average molecular weight is 430 g/mol. The first-order chi connectivity index (χ1) is 15.6. The van der Waals surface area contributed by atoms with Crippen molar-refractivity contribution < 1.29 is 14.3 Å². The fourth-order valence-electron chi connectivity index (χ4n) is 4.59. The van der Waals surface area contributed by atoms with Gasteiger partial charge in [0, 0.05) is 37.1 Å². The molecular formula is C25H23FN4O2. The van der Waals surface area contributed by atoms with Gasteiger partial charge >= 0.3 is 0 Å². The predicted molar refractivity (Wildman–Crippen MR) is 118 cm³/mol. The number of aliphatic hydroxyl groups excluding tert-OH is 1. The Hall–Kier alpha value is -3.58. The second-order valence-electron chi connectivity index (χ2n) is 8.19. The highest BCUT2D eigenvalue weighted by Gasteiger charge is 2.41. The molecule has 0 radical (unpaired) electrons. The van der Waals surface area contributed by atoms with Crippen LogP contribution in [0.15, 0.2) is 73.2 Å². The molecule has 5 rings (SSSR count). The Balaban J connectivity index is 1.47. The maximum atomic E-state index is 13.7. The molecule has 7 heteroatoms. The van der Waals surface area contributed by atoms with Gasteiger partial charge in [0.1, 0.15) is 17.2 Å². The Labute approximate surface area is 185 Å². The molecule has 4 heterocycles. The monoisotopic (exact) mass is 430 g/mol. The van der Waals surface area contributed by atoms with Crippen LogP contribution in [-0.2, 0) is 12.0 Å². The molecule has 6 nitrogen and oxygen atoms in total. The molecule has 3 aromatic heterocycles. The van der Waals surface area contributed by atoms with Crippen LogP contribution < -0.4 is 0 Å². The van der Waals surface area contributed by atoms with Crippen LogP contribution >= 0.6 is 0 Å². The van der Waals surface area contributed by atoms with Gasteiger partial charge in [-0.1, -0.05) is 30.3 Å². The van der Waals surface area contributed by atoms with Crippen molar-refractivity contribution in [1.29, 1.82) is 0 Å². The summed E-state index contributed by atoms with van der Waals surface area (Å²) in [5.74, 6) is -0.452. The largest absolute Gasteiger partial charge is 0.392 e. The van der Waals surface area contributed by atoms with E-state index in [1.807, 2.05) is 24.4 Å². The molecule has 1 fully saturated rings. The van der Waals surface area contributed by atoms with Crippen LogP contribution in [0.25, 0.3) is 5.65 Å². The number of benzene rings is 1. The Morgan fingerprint density at radius 3 is 2.59 bits per heavy atom. The molecule has 1 amide bonds. The zero-order valence-corrected chi connectivity index (χ0v) is 17.5. The highest BCUT2D eigenvalue weighted by molar-refractivity contribution is 5.92. The lowest BCUT2D eigenvalue weighted by atomic mass is 9.70. The van der Waals surface area contributed by atoms with Crippen molar-refractivity contribution >= 4 is 11.6 Å². The summed E-state index contributed by atoms with van der Waals surface area (Å²) < 4.78 is 15.5. The molecule has 0 spiro atoms. The SMILES string of the molecule is O=C(c1cc(CO)ccn1)N1CCC(c2ccccc2)(c2cn3cc(F)ccc3n2)CC1. The molecule has 0 saturated carbocycles. The molecule has 0 atom stereocenters. The average Bonchev–Trinajstić information content (AvgIpc) is 3.28. The molecule has 1 aromatic carbocycles.